The van der Waals surface area contributed by atoms with Gasteiger partial charge in [-0.1, -0.05) is 39.7 Å². The second-order valence-electron chi connectivity index (χ2n) is 4.67. The fraction of sp³-hybridized carbons (Fsp3) is 0.267. The topological polar surface area (TPSA) is 24.9 Å². The van der Waals surface area contributed by atoms with Gasteiger partial charge in [-0.15, -0.1) is 0 Å². The van der Waals surface area contributed by atoms with Crippen LogP contribution in [0.4, 0.5) is 5.69 Å². The average molecular weight is 340 g/mol. The average Bonchev–Trinajstić information content (AvgIpc) is 2.37. The molecule has 1 N–H and O–H groups in total. The predicted octanol–water partition coefficient (Wildman–Crippen LogP) is 4.85. The molecule has 0 aliphatic rings. The maximum absolute atomic E-state index is 6.12. The summed E-state index contributed by atoms with van der Waals surface area (Å²) in [5.41, 5.74) is 3.33. The Kier molecular flexibility index (Phi) is 4.83. The molecule has 0 bridgehead atoms. The van der Waals surface area contributed by atoms with E-state index in [4.69, 9.17) is 11.6 Å². The first-order chi connectivity index (χ1) is 9.06. The second kappa shape index (κ2) is 6.40. The summed E-state index contributed by atoms with van der Waals surface area (Å²) >= 11 is 9.56. The number of hydrogen-bond acceptors (Lipinski definition) is 2. The first kappa shape index (κ1) is 14.4. The molecular weight excluding hydrogens is 324 g/mol. The summed E-state index contributed by atoms with van der Waals surface area (Å²) in [5, 5.41) is 3.97. The molecule has 1 aromatic carbocycles. The summed E-state index contributed by atoms with van der Waals surface area (Å²) in [6.07, 6.45) is 2.67. The van der Waals surface area contributed by atoms with Gasteiger partial charge in [0.25, 0.3) is 0 Å². The van der Waals surface area contributed by atoms with Crippen LogP contribution in [0.2, 0.25) is 5.15 Å². The molecule has 1 heterocycles. The Bertz CT molecular complexity index is 534. The lowest BCUT2D eigenvalue weighted by molar-refractivity contribution is 0.788. The van der Waals surface area contributed by atoms with E-state index in [1.165, 1.54) is 5.56 Å². The van der Waals surface area contributed by atoms with Gasteiger partial charge in [0.1, 0.15) is 0 Å². The number of rotatable bonds is 4. The van der Waals surface area contributed by atoms with Crippen LogP contribution in [-0.2, 0) is 6.42 Å². The Morgan fingerprint density at radius 2 is 1.95 bits per heavy atom. The van der Waals surface area contributed by atoms with Crippen LogP contribution in [-0.4, -0.2) is 11.0 Å². The molecule has 19 heavy (non-hydrogen) atoms. The van der Waals surface area contributed by atoms with Crippen molar-refractivity contribution in [3.05, 3.63) is 57.3 Å². The van der Waals surface area contributed by atoms with Crippen molar-refractivity contribution in [2.75, 3.05) is 5.32 Å². The molecule has 2 rings (SSSR count). The number of nitrogens with zero attached hydrogens (tertiary/aromatic N) is 1. The van der Waals surface area contributed by atoms with E-state index in [0.29, 0.717) is 11.2 Å². The zero-order chi connectivity index (χ0) is 13.8. The molecule has 1 atom stereocenters. The molecule has 0 spiro atoms. The zero-order valence-electron chi connectivity index (χ0n) is 11.0. The van der Waals surface area contributed by atoms with Gasteiger partial charge in [0, 0.05) is 16.7 Å². The van der Waals surface area contributed by atoms with Crippen LogP contribution < -0.4 is 5.32 Å². The molecule has 4 heteroatoms. The summed E-state index contributed by atoms with van der Waals surface area (Å²) in [7, 11) is 0. The largest absolute Gasteiger partial charge is 0.380 e. The van der Waals surface area contributed by atoms with Gasteiger partial charge >= 0.3 is 0 Å². The number of nitrogens with one attached hydrogen (secondary N) is 1. The van der Waals surface area contributed by atoms with E-state index in [1.807, 2.05) is 13.0 Å². The van der Waals surface area contributed by atoms with E-state index in [-0.39, 0.29) is 0 Å². The van der Waals surface area contributed by atoms with E-state index < -0.39 is 0 Å². The van der Waals surface area contributed by atoms with Crippen LogP contribution in [0.5, 0.6) is 0 Å². The normalized spacial score (nSPS) is 12.2. The Labute approximate surface area is 127 Å². The number of pyridine rings is 1. The standard InChI is InChI=1S/C15H16BrClN2/c1-10-7-8-18-15(17)14(10)19-11(2)9-12-3-5-13(16)6-4-12/h3-8,11,19H,9H2,1-2H3. The third-order valence-corrected chi connectivity index (χ3v) is 3.77. The zero-order valence-corrected chi connectivity index (χ0v) is 13.3. The Morgan fingerprint density at radius 1 is 1.26 bits per heavy atom. The fourth-order valence-electron chi connectivity index (χ4n) is 1.97. The van der Waals surface area contributed by atoms with Gasteiger partial charge in [0.2, 0.25) is 0 Å². The quantitative estimate of drug-likeness (QED) is 0.806. The van der Waals surface area contributed by atoms with Crippen molar-refractivity contribution in [3.8, 4) is 0 Å². The van der Waals surface area contributed by atoms with Crippen LogP contribution in [0, 0.1) is 6.92 Å². The minimum atomic E-state index is 0.293. The molecular formula is C15H16BrClN2. The van der Waals surface area contributed by atoms with E-state index in [2.05, 4.69) is 57.4 Å². The van der Waals surface area contributed by atoms with E-state index in [9.17, 15) is 0 Å². The van der Waals surface area contributed by atoms with E-state index in [1.54, 1.807) is 6.20 Å². The molecule has 1 unspecified atom stereocenters. The van der Waals surface area contributed by atoms with Crippen molar-refractivity contribution in [2.45, 2.75) is 26.3 Å². The number of anilines is 1. The van der Waals surface area contributed by atoms with Gasteiger partial charge in [0.05, 0.1) is 5.69 Å². The Hall–Kier alpha value is -1.06. The minimum Gasteiger partial charge on any atom is -0.380 e. The van der Waals surface area contributed by atoms with Crippen molar-refractivity contribution in [1.29, 1.82) is 0 Å². The minimum absolute atomic E-state index is 0.293. The number of aromatic nitrogens is 1. The third-order valence-electron chi connectivity index (χ3n) is 2.96. The fourth-order valence-corrected chi connectivity index (χ4v) is 2.49. The number of halogens is 2. The lowest BCUT2D eigenvalue weighted by Gasteiger charge is -2.17. The molecule has 1 aromatic heterocycles. The van der Waals surface area contributed by atoms with Gasteiger partial charge in [-0.2, -0.15) is 0 Å². The second-order valence-corrected chi connectivity index (χ2v) is 5.94. The smallest absolute Gasteiger partial charge is 0.152 e. The highest BCUT2D eigenvalue weighted by molar-refractivity contribution is 9.10. The number of benzene rings is 1. The predicted molar refractivity (Wildman–Crippen MR) is 84.9 cm³/mol. The molecule has 0 fully saturated rings. The summed E-state index contributed by atoms with van der Waals surface area (Å²) in [4.78, 5) is 4.11. The Morgan fingerprint density at radius 3 is 2.58 bits per heavy atom. The van der Waals surface area contributed by atoms with Crippen molar-refractivity contribution in [2.24, 2.45) is 0 Å². The third kappa shape index (κ3) is 3.95. The summed E-state index contributed by atoms with van der Waals surface area (Å²) in [5.74, 6) is 0. The lowest BCUT2D eigenvalue weighted by Crippen LogP contribution is -2.19. The Balaban J connectivity index is 2.05. The van der Waals surface area contributed by atoms with Gasteiger partial charge in [-0.05, 0) is 49.6 Å². The maximum atomic E-state index is 6.12. The molecule has 0 saturated heterocycles. The van der Waals surface area contributed by atoms with Gasteiger partial charge in [0.15, 0.2) is 5.15 Å². The van der Waals surface area contributed by atoms with Crippen molar-refractivity contribution in [1.82, 2.24) is 4.98 Å². The molecule has 0 saturated carbocycles. The van der Waals surface area contributed by atoms with Crippen molar-refractivity contribution < 1.29 is 0 Å². The van der Waals surface area contributed by atoms with Crippen LogP contribution in [0.15, 0.2) is 41.0 Å². The number of hydrogen-bond donors (Lipinski definition) is 1. The summed E-state index contributed by atoms with van der Waals surface area (Å²) < 4.78 is 1.10. The van der Waals surface area contributed by atoms with Crippen molar-refractivity contribution >= 4 is 33.2 Å². The van der Waals surface area contributed by atoms with Crippen LogP contribution >= 0.6 is 27.5 Å². The van der Waals surface area contributed by atoms with Gasteiger partial charge in [-0.25, -0.2) is 4.98 Å². The summed E-state index contributed by atoms with van der Waals surface area (Å²) in [6.45, 7) is 4.17. The molecule has 0 aliphatic heterocycles. The van der Waals surface area contributed by atoms with E-state index in [0.717, 1.165) is 22.1 Å². The lowest BCUT2D eigenvalue weighted by atomic mass is 10.1. The highest BCUT2D eigenvalue weighted by Crippen LogP contribution is 2.24. The first-order valence-corrected chi connectivity index (χ1v) is 7.35. The summed E-state index contributed by atoms with van der Waals surface area (Å²) in [6, 6.07) is 10.6. The molecule has 0 amide bonds. The van der Waals surface area contributed by atoms with Gasteiger partial charge < -0.3 is 5.32 Å². The molecule has 0 aliphatic carbocycles. The molecule has 0 radical (unpaired) electrons. The monoisotopic (exact) mass is 338 g/mol. The van der Waals surface area contributed by atoms with Gasteiger partial charge in [-0.3, -0.25) is 0 Å². The van der Waals surface area contributed by atoms with Crippen LogP contribution in [0.1, 0.15) is 18.1 Å². The number of aryl methyl sites for hydroxylation is 1. The van der Waals surface area contributed by atoms with E-state index >= 15 is 0 Å². The van der Waals surface area contributed by atoms with Crippen LogP contribution in [0.3, 0.4) is 0 Å². The highest BCUT2D eigenvalue weighted by atomic mass is 79.9. The molecule has 2 nitrogen and oxygen atoms in total. The highest BCUT2D eigenvalue weighted by Gasteiger charge is 2.09. The SMILES string of the molecule is Cc1ccnc(Cl)c1NC(C)Cc1ccc(Br)cc1. The first-order valence-electron chi connectivity index (χ1n) is 6.18. The van der Waals surface area contributed by atoms with Crippen molar-refractivity contribution in [3.63, 3.8) is 0 Å². The molecule has 2 aromatic rings. The molecule has 100 valence electrons. The maximum Gasteiger partial charge on any atom is 0.152 e. The van der Waals surface area contributed by atoms with Crippen LogP contribution in [0.25, 0.3) is 0 Å².